The largest absolute Gasteiger partial charge is 0.449 e. The minimum absolute atomic E-state index is 0.252. The molecule has 156 valence electrons. The second-order valence-electron chi connectivity index (χ2n) is 7.24. The second kappa shape index (κ2) is 8.94. The van der Waals surface area contributed by atoms with Gasteiger partial charge in [-0.2, -0.15) is 0 Å². The maximum Gasteiger partial charge on any atom is 0.409 e. The van der Waals surface area contributed by atoms with Gasteiger partial charge in [-0.1, -0.05) is 6.08 Å². The van der Waals surface area contributed by atoms with Crippen LogP contribution in [0.25, 0.3) is 11.0 Å². The second-order valence-corrected chi connectivity index (χ2v) is 7.24. The molecule has 30 heavy (non-hydrogen) atoms. The first-order chi connectivity index (χ1) is 14.7. The van der Waals surface area contributed by atoms with E-state index in [0.717, 1.165) is 29.6 Å². The third kappa shape index (κ3) is 4.12. The van der Waals surface area contributed by atoms with Crippen molar-refractivity contribution in [3.05, 3.63) is 55.3 Å². The van der Waals surface area contributed by atoms with E-state index in [2.05, 4.69) is 26.1 Å². The van der Waals surface area contributed by atoms with Crippen molar-refractivity contribution >= 4 is 17.1 Å². The van der Waals surface area contributed by atoms with Gasteiger partial charge in [0.05, 0.1) is 17.7 Å². The number of aryl methyl sites for hydroxylation is 1. The average molecular weight is 407 g/mol. The molecule has 0 radical (unpaired) electrons. The number of carbonyl (C=O) groups is 1. The molecule has 1 aliphatic rings. The van der Waals surface area contributed by atoms with Crippen LogP contribution in [0.3, 0.4) is 0 Å². The van der Waals surface area contributed by atoms with Crippen LogP contribution >= 0.6 is 0 Å². The molecular weight excluding hydrogens is 382 g/mol. The van der Waals surface area contributed by atoms with Crippen molar-refractivity contribution in [3.63, 3.8) is 0 Å². The molecule has 0 aliphatic carbocycles. The quantitative estimate of drug-likeness (QED) is 0.448. The van der Waals surface area contributed by atoms with E-state index in [1.807, 2.05) is 31.3 Å². The Morgan fingerprint density at radius 3 is 2.87 bits per heavy atom. The SMILES string of the molecule is C=CCCOC(=O)N1CCC(n2ccc3c(Oc4cccnc4C)ncnc32)CC1. The number of piperidine rings is 1. The summed E-state index contributed by atoms with van der Waals surface area (Å²) in [6.07, 6.45) is 9.10. The lowest BCUT2D eigenvalue weighted by atomic mass is 10.1. The minimum Gasteiger partial charge on any atom is -0.449 e. The van der Waals surface area contributed by atoms with E-state index in [1.54, 1.807) is 17.2 Å². The zero-order valence-corrected chi connectivity index (χ0v) is 17.0. The number of hydrogen-bond acceptors (Lipinski definition) is 6. The maximum absolute atomic E-state index is 12.1. The summed E-state index contributed by atoms with van der Waals surface area (Å²) in [7, 11) is 0. The van der Waals surface area contributed by atoms with Gasteiger partial charge < -0.3 is 18.9 Å². The highest BCUT2D eigenvalue weighted by molar-refractivity contribution is 5.81. The number of ether oxygens (including phenoxy) is 2. The van der Waals surface area contributed by atoms with Crippen LogP contribution in [0.5, 0.6) is 11.6 Å². The molecule has 0 aromatic carbocycles. The van der Waals surface area contributed by atoms with Crippen molar-refractivity contribution < 1.29 is 14.3 Å². The fraction of sp³-hybridized carbons (Fsp3) is 0.364. The van der Waals surface area contributed by atoms with Gasteiger partial charge in [0.2, 0.25) is 5.88 Å². The van der Waals surface area contributed by atoms with E-state index >= 15 is 0 Å². The van der Waals surface area contributed by atoms with Crippen LogP contribution in [0.2, 0.25) is 0 Å². The molecule has 1 aliphatic heterocycles. The van der Waals surface area contributed by atoms with E-state index in [9.17, 15) is 4.79 Å². The van der Waals surface area contributed by atoms with Gasteiger partial charge in [0, 0.05) is 31.5 Å². The smallest absolute Gasteiger partial charge is 0.409 e. The van der Waals surface area contributed by atoms with Crippen molar-refractivity contribution in [1.29, 1.82) is 0 Å². The molecular formula is C22H25N5O3. The van der Waals surface area contributed by atoms with E-state index in [4.69, 9.17) is 9.47 Å². The summed E-state index contributed by atoms with van der Waals surface area (Å²) in [5, 5.41) is 0.854. The molecule has 0 N–H and O–H groups in total. The van der Waals surface area contributed by atoms with Crippen LogP contribution in [0.1, 0.15) is 31.0 Å². The van der Waals surface area contributed by atoms with Crippen molar-refractivity contribution in [2.24, 2.45) is 0 Å². The number of hydrogen-bond donors (Lipinski definition) is 0. The summed E-state index contributed by atoms with van der Waals surface area (Å²) in [6.45, 7) is 7.22. The lowest BCUT2D eigenvalue weighted by molar-refractivity contribution is 0.0902. The predicted octanol–water partition coefficient (Wildman–Crippen LogP) is 4.28. The first-order valence-electron chi connectivity index (χ1n) is 10.1. The van der Waals surface area contributed by atoms with Gasteiger partial charge in [-0.25, -0.2) is 14.8 Å². The number of amides is 1. The molecule has 4 heterocycles. The molecule has 1 amide bonds. The third-order valence-corrected chi connectivity index (χ3v) is 5.30. The third-order valence-electron chi connectivity index (χ3n) is 5.30. The van der Waals surface area contributed by atoms with Crippen LogP contribution in [-0.2, 0) is 4.74 Å². The fourth-order valence-electron chi connectivity index (χ4n) is 3.65. The maximum atomic E-state index is 12.1. The normalized spacial score (nSPS) is 14.6. The molecule has 8 nitrogen and oxygen atoms in total. The first kappa shape index (κ1) is 19.9. The van der Waals surface area contributed by atoms with Gasteiger partial charge in [0.25, 0.3) is 0 Å². The Bertz CT molecular complexity index is 1040. The molecule has 0 bridgehead atoms. The summed E-state index contributed by atoms with van der Waals surface area (Å²) >= 11 is 0. The van der Waals surface area contributed by atoms with Gasteiger partial charge in [-0.05, 0) is 44.4 Å². The summed E-state index contributed by atoms with van der Waals surface area (Å²) < 4.78 is 13.4. The Balaban J connectivity index is 1.47. The van der Waals surface area contributed by atoms with E-state index in [-0.39, 0.29) is 12.1 Å². The highest BCUT2D eigenvalue weighted by Crippen LogP contribution is 2.32. The lowest BCUT2D eigenvalue weighted by Gasteiger charge is -2.32. The van der Waals surface area contributed by atoms with Crippen molar-refractivity contribution in [1.82, 2.24) is 24.4 Å². The number of rotatable bonds is 6. The first-order valence-corrected chi connectivity index (χ1v) is 10.1. The summed E-state index contributed by atoms with van der Waals surface area (Å²) in [5.74, 6) is 1.19. The van der Waals surface area contributed by atoms with Crippen LogP contribution < -0.4 is 4.74 Å². The standard InChI is InChI=1S/C22H25N5O3/c1-3-4-14-29-22(28)26-11-7-17(8-12-26)27-13-9-18-20(27)24-15-25-21(18)30-19-6-5-10-23-16(19)2/h3,5-6,9-10,13,15,17H,1,4,7-8,11-12,14H2,2H3. The Labute approximate surface area is 175 Å². The Kier molecular flexibility index (Phi) is 5.92. The topological polar surface area (TPSA) is 82.4 Å². The highest BCUT2D eigenvalue weighted by Gasteiger charge is 2.26. The van der Waals surface area contributed by atoms with Gasteiger partial charge in [-0.3, -0.25) is 4.98 Å². The van der Waals surface area contributed by atoms with Crippen LogP contribution in [-0.4, -0.2) is 50.2 Å². The highest BCUT2D eigenvalue weighted by atomic mass is 16.6. The number of nitrogens with zero attached hydrogens (tertiary/aromatic N) is 5. The van der Waals surface area contributed by atoms with Crippen LogP contribution in [0.4, 0.5) is 4.79 Å². The molecule has 3 aromatic heterocycles. The van der Waals surface area contributed by atoms with Crippen molar-refractivity contribution in [2.75, 3.05) is 19.7 Å². The summed E-state index contributed by atoms with van der Waals surface area (Å²) in [6, 6.07) is 5.94. The predicted molar refractivity (Wildman–Crippen MR) is 113 cm³/mol. The summed E-state index contributed by atoms with van der Waals surface area (Å²) in [4.78, 5) is 27.0. The van der Waals surface area contributed by atoms with Crippen molar-refractivity contribution in [3.8, 4) is 11.6 Å². The van der Waals surface area contributed by atoms with Gasteiger partial charge in [0.15, 0.2) is 5.75 Å². The minimum atomic E-state index is -0.252. The Morgan fingerprint density at radius 1 is 1.27 bits per heavy atom. The van der Waals surface area contributed by atoms with Crippen LogP contribution in [0.15, 0.2) is 49.6 Å². The molecule has 8 heteroatoms. The van der Waals surface area contributed by atoms with Gasteiger partial charge >= 0.3 is 6.09 Å². The van der Waals surface area contributed by atoms with Crippen molar-refractivity contribution in [2.45, 2.75) is 32.2 Å². The average Bonchev–Trinajstić information content (AvgIpc) is 3.21. The van der Waals surface area contributed by atoms with E-state index in [0.29, 0.717) is 37.7 Å². The molecule has 0 unspecified atom stereocenters. The lowest BCUT2D eigenvalue weighted by Crippen LogP contribution is -2.39. The van der Waals surface area contributed by atoms with Gasteiger partial charge in [-0.15, -0.1) is 6.58 Å². The molecule has 4 rings (SSSR count). The van der Waals surface area contributed by atoms with E-state index < -0.39 is 0 Å². The molecule has 0 atom stereocenters. The zero-order valence-electron chi connectivity index (χ0n) is 17.0. The molecule has 1 saturated heterocycles. The van der Waals surface area contributed by atoms with Crippen LogP contribution in [0, 0.1) is 6.92 Å². The Morgan fingerprint density at radius 2 is 2.10 bits per heavy atom. The molecule has 3 aromatic rings. The monoisotopic (exact) mass is 407 g/mol. The number of aromatic nitrogens is 4. The molecule has 0 spiro atoms. The molecule has 1 fully saturated rings. The summed E-state index contributed by atoms with van der Waals surface area (Å²) in [5.41, 5.74) is 1.63. The number of carbonyl (C=O) groups excluding carboxylic acids is 1. The van der Waals surface area contributed by atoms with Gasteiger partial charge in [0.1, 0.15) is 12.0 Å². The number of fused-ring (bicyclic) bond motifs is 1. The fourth-order valence-corrected chi connectivity index (χ4v) is 3.65. The zero-order chi connectivity index (χ0) is 20.9. The number of likely N-dealkylation sites (tertiary alicyclic amines) is 1. The number of pyridine rings is 1. The molecule has 0 saturated carbocycles. The Hall–Kier alpha value is -3.42. The van der Waals surface area contributed by atoms with E-state index in [1.165, 1.54) is 6.33 Å².